The van der Waals surface area contributed by atoms with Gasteiger partial charge in [-0.1, -0.05) is 234 Å². The smallest absolute Gasteiger partial charge is 0.306 e. The van der Waals surface area contributed by atoms with E-state index < -0.39 is 6.10 Å². The summed E-state index contributed by atoms with van der Waals surface area (Å²) in [6.07, 6.45) is 41.0. The van der Waals surface area contributed by atoms with E-state index in [1.807, 2.05) is 0 Å². The fraction of sp³-hybridized carbons (Fsp3) is 0.941. The summed E-state index contributed by atoms with van der Waals surface area (Å²) < 4.78 is 16.8. The van der Waals surface area contributed by atoms with Crippen LogP contribution in [0, 0.1) is 17.8 Å². The standard InChI is InChI=1S/C51H98O6/c1-7-47(6)39-33-27-23-24-30-36-42-51(54)57-48(44-56-50(53)41-35-29-22-18-17-20-26-32-38-46(4)5)43-55-49(52)40-34-28-21-16-14-12-10-8-9-11-13-15-19-25-31-37-45(2)3/h45-48H,7-44H2,1-6H3/t47?,48-/m1/s1. The molecular formula is C51H98O6. The first-order chi connectivity index (χ1) is 27.6. The van der Waals surface area contributed by atoms with Crippen molar-refractivity contribution in [2.45, 2.75) is 279 Å². The molecule has 0 radical (unpaired) electrons. The monoisotopic (exact) mass is 807 g/mol. The second kappa shape index (κ2) is 42.5. The SMILES string of the molecule is CCC(C)CCCCCCCCC(=O)O[C@H](COC(=O)CCCCCCCCCCCCCCCCCC(C)C)COC(=O)CCCCCCCCCCC(C)C. The largest absolute Gasteiger partial charge is 0.462 e. The summed E-state index contributed by atoms with van der Waals surface area (Å²) in [7, 11) is 0. The predicted octanol–water partition coefficient (Wildman–Crippen LogP) is 16.0. The van der Waals surface area contributed by atoms with Crippen LogP contribution in [0.1, 0.15) is 273 Å². The third-order valence-corrected chi connectivity index (χ3v) is 11.8. The average molecular weight is 807 g/mol. The fourth-order valence-electron chi connectivity index (χ4n) is 7.55. The highest BCUT2D eigenvalue weighted by molar-refractivity contribution is 5.71. The molecule has 0 bridgehead atoms. The van der Waals surface area contributed by atoms with Crippen LogP contribution in [0.2, 0.25) is 0 Å². The average Bonchev–Trinajstić information content (AvgIpc) is 3.18. The van der Waals surface area contributed by atoms with Gasteiger partial charge in [-0.3, -0.25) is 14.4 Å². The molecule has 6 nitrogen and oxygen atoms in total. The summed E-state index contributed by atoms with van der Waals surface area (Å²) in [5.41, 5.74) is 0. The Kier molecular flexibility index (Phi) is 41.3. The fourth-order valence-corrected chi connectivity index (χ4v) is 7.55. The molecule has 57 heavy (non-hydrogen) atoms. The van der Waals surface area contributed by atoms with E-state index in [4.69, 9.17) is 14.2 Å². The van der Waals surface area contributed by atoms with Crippen molar-refractivity contribution in [3.05, 3.63) is 0 Å². The molecule has 0 heterocycles. The Hall–Kier alpha value is -1.59. The molecule has 0 saturated carbocycles. The molecule has 0 rings (SSSR count). The van der Waals surface area contributed by atoms with Crippen molar-refractivity contribution < 1.29 is 28.6 Å². The van der Waals surface area contributed by atoms with Crippen LogP contribution in [0.25, 0.3) is 0 Å². The van der Waals surface area contributed by atoms with Crippen molar-refractivity contribution in [3.8, 4) is 0 Å². The van der Waals surface area contributed by atoms with Crippen LogP contribution in [0.4, 0.5) is 0 Å². The first-order valence-corrected chi connectivity index (χ1v) is 25.1. The number of hydrogen-bond donors (Lipinski definition) is 0. The summed E-state index contributed by atoms with van der Waals surface area (Å²) in [4.78, 5) is 37.8. The van der Waals surface area contributed by atoms with Gasteiger partial charge in [-0.2, -0.15) is 0 Å². The van der Waals surface area contributed by atoms with Gasteiger partial charge >= 0.3 is 17.9 Å². The first-order valence-electron chi connectivity index (χ1n) is 25.1. The Morgan fingerprint density at radius 1 is 0.351 bits per heavy atom. The maximum absolute atomic E-state index is 12.7. The van der Waals surface area contributed by atoms with Crippen LogP contribution in [-0.4, -0.2) is 37.2 Å². The van der Waals surface area contributed by atoms with E-state index in [0.29, 0.717) is 19.3 Å². The molecule has 6 heteroatoms. The molecule has 0 aliphatic rings. The van der Waals surface area contributed by atoms with Gasteiger partial charge in [-0.15, -0.1) is 0 Å². The summed E-state index contributed by atoms with van der Waals surface area (Å²) in [6.45, 7) is 13.7. The number of carbonyl (C=O) groups excluding carboxylic acids is 3. The van der Waals surface area contributed by atoms with Gasteiger partial charge in [0.2, 0.25) is 0 Å². The number of esters is 3. The van der Waals surface area contributed by atoms with Crippen molar-refractivity contribution in [1.29, 1.82) is 0 Å². The second-order valence-electron chi connectivity index (χ2n) is 18.6. The molecular weight excluding hydrogens is 709 g/mol. The van der Waals surface area contributed by atoms with Crippen molar-refractivity contribution in [1.82, 2.24) is 0 Å². The van der Waals surface area contributed by atoms with Crippen molar-refractivity contribution >= 4 is 17.9 Å². The van der Waals surface area contributed by atoms with Gasteiger partial charge in [0.05, 0.1) is 0 Å². The van der Waals surface area contributed by atoms with Crippen molar-refractivity contribution in [3.63, 3.8) is 0 Å². The number of unbranched alkanes of at least 4 members (excludes halogenated alkanes) is 26. The zero-order valence-corrected chi connectivity index (χ0v) is 39.1. The maximum atomic E-state index is 12.7. The molecule has 0 spiro atoms. The highest BCUT2D eigenvalue weighted by atomic mass is 16.6. The quantitative estimate of drug-likeness (QED) is 0.0347. The van der Waals surface area contributed by atoms with E-state index in [2.05, 4.69) is 41.5 Å². The van der Waals surface area contributed by atoms with Crippen LogP contribution >= 0.6 is 0 Å². The van der Waals surface area contributed by atoms with Crippen molar-refractivity contribution in [2.24, 2.45) is 17.8 Å². The van der Waals surface area contributed by atoms with Gasteiger partial charge in [0, 0.05) is 19.3 Å². The second-order valence-corrected chi connectivity index (χ2v) is 18.6. The molecule has 0 N–H and O–H groups in total. The minimum Gasteiger partial charge on any atom is -0.462 e. The van der Waals surface area contributed by atoms with E-state index >= 15 is 0 Å². The number of ether oxygens (including phenoxy) is 3. The molecule has 0 aromatic heterocycles. The third kappa shape index (κ3) is 43.8. The number of rotatable bonds is 44. The first kappa shape index (κ1) is 55.4. The minimum atomic E-state index is -0.763. The molecule has 0 aliphatic heterocycles. The summed E-state index contributed by atoms with van der Waals surface area (Å²) in [6, 6.07) is 0. The lowest BCUT2D eigenvalue weighted by molar-refractivity contribution is -0.167. The Morgan fingerprint density at radius 2 is 0.614 bits per heavy atom. The van der Waals surface area contributed by atoms with Gasteiger partial charge in [-0.25, -0.2) is 0 Å². The maximum Gasteiger partial charge on any atom is 0.306 e. The lowest BCUT2D eigenvalue weighted by Gasteiger charge is -2.18. The minimum absolute atomic E-state index is 0.0660. The molecule has 1 unspecified atom stereocenters. The van der Waals surface area contributed by atoms with Gasteiger partial charge in [0.15, 0.2) is 6.10 Å². The molecule has 338 valence electrons. The molecule has 0 aromatic carbocycles. The summed E-state index contributed by atoms with van der Waals surface area (Å²) in [5, 5.41) is 0. The molecule has 0 fully saturated rings. The highest BCUT2D eigenvalue weighted by Crippen LogP contribution is 2.18. The molecule has 0 aromatic rings. The lowest BCUT2D eigenvalue weighted by Crippen LogP contribution is -2.30. The summed E-state index contributed by atoms with van der Waals surface area (Å²) in [5.74, 6) is 1.60. The Morgan fingerprint density at radius 3 is 0.912 bits per heavy atom. The van der Waals surface area contributed by atoms with Crippen molar-refractivity contribution in [2.75, 3.05) is 13.2 Å². The lowest BCUT2D eigenvalue weighted by atomic mass is 10.00. The van der Waals surface area contributed by atoms with Crippen LogP contribution in [0.5, 0.6) is 0 Å². The highest BCUT2D eigenvalue weighted by Gasteiger charge is 2.19. The summed E-state index contributed by atoms with van der Waals surface area (Å²) >= 11 is 0. The van der Waals surface area contributed by atoms with Crippen LogP contribution in [0.3, 0.4) is 0 Å². The Labute approximate surface area is 355 Å². The van der Waals surface area contributed by atoms with E-state index in [1.165, 1.54) is 154 Å². The van der Waals surface area contributed by atoms with Gasteiger partial charge < -0.3 is 14.2 Å². The third-order valence-electron chi connectivity index (χ3n) is 11.8. The zero-order valence-electron chi connectivity index (χ0n) is 39.1. The molecule has 0 saturated heterocycles. The number of carbonyl (C=O) groups is 3. The van der Waals surface area contributed by atoms with E-state index in [-0.39, 0.29) is 31.1 Å². The topological polar surface area (TPSA) is 78.9 Å². The van der Waals surface area contributed by atoms with E-state index in [0.717, 1.165) is 75.5 Å². The van der Waals surface area contributed by atoms with E-state index in [1.54, 1.807) is 0 Å². The molecule has 0 aliphatic carbocycles. The molecule has 0 amide bonds. The predicted molar refractivity (Wildman–Crippen MR) is 243 cm³/mol. The van der Waals surface area contributed by atoms with Gasteiger partial charge in [0.1, 0.15) is 13.2 Å². The normalized spacial score (nSPS) is 12.6. The van der Waals surface area contributed by atoms with Gasteiger partial charge in [0.25, 0.3) is 0 Å². The Balaban J connectivity index is 4.25. The zero-order chi connectivity index (χ0) is 42.0. The molecule has 2 atom stereocenters. The Bertz CT molecular complexity index is 885. The van der Waals surface area contributed by atoms with Crippen LogP contribution in [0.15, 0.2) is 0 Å². The van der Waals surface area contributed by atoms with Gasteiger partial charge in [-0.05, 0) is 37.0 Å². The van der Waals surface area contributed by atoms with Crippen LogP contribution in [-0.2, 0) is 28.6 Å². The van der Waals surface area contributed by atoms with Crippen LogP contribution < -0.4 is 0 Å². The van der Waals surface area contributed by atoms with E-state index in [9.17, 15) is 14.4 Å². The number of hydrogen-bond acceptors (Lipinski definition) is 6.